The van der Waals surface area contributed by atoms with E-state index >= 15 is 0 Å². The van der Waals surface area contributed by atoms with E-state index in [4.69, 9.17) is 9.88 Å². The number of amides is 2. The molecule has 2 unspecified atom stereocenters. The highest BCUT2D eigenvalue weighted by atomic mass is 32.2. The molecule has 1 saturated heterocycles. The molecule has 2 fully saturated rings. The lowest BCUT2D eigenvalue weighted by Crippen LogP contribution is -2.32. The van der Waals surface area contributed by atoms with E-state index in [0.717, 1.165) is 12.8 Å². The third-order valence-corrected chi connectivity index (χ3v) is 7.10. The van der Waals surface area contributed by atoms with Gasteiger partial charge in [-0.25, -0.2) is 17.9 Å². The van der Waals surface area contributed by atoms with Gasteiger partial charge in [0, 0.05) is 6.42 Å². The summed E-state index contributed by atoms with van der Waals surface area (Å²) in [6, 6.07) is 4.36. The fourth-order valence-corrected chi connectivity index (χ4v) is 4.64. The van der Waals surface area contributed by atoms with E-state index in [1.165, 1.54) is 6.07 Å². The molecule has 2 aliphatic rings. The number of hydrogen-bond donors (Lipinski definition) is 2. The number of nitrogens with two attached hydrogens (primary N) is 1. The second-order valence-corrected chi connectivity index (χ2v) is 9.90. The molecule has 1 heterocycles. The number of rotatable bonds is 10. The average molecular weight is 439 g/mol. The number of imide groups is 1. The average Bonchev–Trinajstić information content (AvgIpc) is 3.43. The number of carbonyl (C=O) groups is 2. The van der Waals surface area contributed by atoms with Crippen LogP contribution in [0.4, 0.5) is 4.39 Å². The molecular weight excluding hydrogens is 411 g/mol. The lowest BCUT2D eigenvalue weighted by molar-refractivity contribution is -0.125. The summed E-state index contributed by atoms with van der Waals surface area (Å²) in [7, 11) is -3.89. The Hall–Kier alpha value is -2.26. The van der Waals surface area contributed by atoms with E-state index in [2.05, 4.69) is 5.32 Å². The highest BCUT2D eigenvalue weighted by Gasteiger charge is 2.31. The van der Waals surface area contributed by atoms with Gasteiger partial charge in [-0.3, -0.25) is 14.9 Å². The molecule has 3 atom stereocenters. The van der Waals surface area contributed by atoms with Crippen molar-refractivity contribution >= 4 is 21.8 Å². The molecule has 164 valence electrons. The van der Waals surface area contributed by atoms with Gasteiger partial charge in [0.2, 0.25) is 21.8 Å². The first-order valence-corrected chi connectivity index (χ1v) is 11.7. The zero-order chi connectivity index (χ0) is 21.9. The summed E-state index contributed by atoms with van der Waals surface area (Å²) in [6.45, 7) is 2.18. The largest absolute Gasteiger partial charge is 0.490 e. The van der Waals surface area contributed by atoms with Crippen molar-refractivity contribution < 1.29 is 27.1 Å². The standard InChI is InChI=1S/C21H27FN2O5S/c1-13(15-8-9-17(22)18(10-15)29-12-14-6-7-14)19(30(23,27)28)5-3-2-4-16-11-20(25)24-21(16)26/h2-3,8-10,13-14,16,19H,4-7,11-12H2,1H3,(H2,23,27,28)(H,24,25,26)/t13-,16?,19?/m1/s1. The van der Waals surface area contributed by atoms with Gasteiger partial charge >= 0.3 is 0 Å². The molecule has 2 amide bonds. The zero-order valence-corrected chi connectivity index (χ0v) is 17.7. The normalized spacial score (nSPS) is 21.6. The summed E-state index contributed by atoms with van der Waals surface area (Å²) in [6.07, 6.45) is 6.13. The summed E-state index contributed by atoms with van der Waals surface area (Å²) in [5.41, 5.74) is 0.621. The Kier molecular flexibility index (Phi) is 6.92. The predicted octanol–water partition coefficient (Wildman–Crippen LogP) is 2.37. The van der Waals surface area contributed by atoms with Crippen LogP contribution in [-0.2, 0) is 19.6 Å². The number of carbonyl (C=O) groups excluding carboxylic acids is 2. The quantitative estimate of drug-likeness (QED) is 0.430. The van der Waals surface area contributed by atoms with Crippen LogP contribution >= 0.6 is 0 Å². The number of sulfonamides is 1. The molecular formula is C21H27FN2O5S. The number of hydrogen-bond acceptors (Lipinski definition) is 5. The van der Waals surface area contributed by atoms with Crippen LogP contribution in [0, 0.1) is 17.7 Å². The Morgan fingerprint density at radius 1 is 1.30 bits per heavy atom. The Labute approximate surface area is 175 Å². The molecule has 1 aromatic rings. The van der Waals surface area contributed by atoms with Crippen molar-refractivity contribution in [1.82, 2.24) is 5.32 Å². The molecule has 0 spiro atoms. The van der Waals surface area contributed by atoms with Crippen molar-refractivity contribution in [2.24, 2.45) is 17.0 Å². The van der Waals surface area contributed by atoms with Gasteiger partial charge < -0.3 is 4.74 Å². The summed E-state index contributed by atoms with van der Waals surface area (Å²) >= 11 is 0. The van der Waals surface area contributed by atoms with Crippen LogP contribution in [0.1, 0.15) is 50.5 Å². The smallest absolute Gasteiger partial charge is 0.230 e. The molecule has 1 aromatic carbocycles. The second-order valence-electron chi connectivity index (χ2n) is 8.12. The zero-order valence-electron chi connectivity index (χ0n) is 16.8. The number of benzene rings is 1. The van der Waals surface area contributed by atoms with E-state index < -0.39 is 32.9 Å². The maximum atomic E-state index is 14.1. The van der Waals surface area contributed by atoms with Crippen molar-refractivity contribution in [3.05, 3.63) is 41.7 Å². The third-order valence-electron chi connectivity index (χ3n) is 5.65. The summed E-state index contributed by atoms with van der Waals surface area (Å²) in [5, 5.41) is 6.78. The topological polar surface area (TPSA) is 116 Å². The summed E-state index contributed by atoms with van der Waals surface area (Å²) in [4.78, 5) is 22.8. The van der Waals surface area contributed by atoms with Crippen LogP contribution in [0.5, 0.6) is 5.75 Å². The molecule has 3 N–H and O–H groups in total. The van der Waals surface area contributed by atoms with Gasteiger partial charge in [0.25, 0.3) is 0 Å². The first-order chi connectivity index (χ1) is 14.1. The van der Waals surface area contributed by atoms with Gasteiger partial charge in [0.1, 0.15) is 0 Å². The lowest BCUT2D eigenvalue weighted by atomic mass is 9.94. The van der Waals surface area contributed by atoms with Gasteiger partial charge in [-0.2, -0.15) is 0 Å². The Bertz CT molecular complexity index is 943. The molecule has 30 heavy (non-hydrogen) atoms. The van der Waals surface area contributed by atoms with Gasteiger partial charge in [-0.1, -0.05) is 25.1 Å². The van der Waals surface area contributed by atoms with E-state index in [1.807, 2.05) is 0 Å². The van der Waals surface area contributed by atoms with E-state index in [-0.39, 0.29) is 30.4 Å². The first-order valence-electron chi connectivity index (χ1n) is 10.1. The maximum absolute atomic E-state index is 14.1. The number of ether oxygens (including phenoxy) is 1. The Morgan fingerprint density at radius 2 is 2.03 bits per heavy atom. The summed E-state index contributed by atoms with van der Waals surface area (Å²) in [5.74, 6) is -1.44. The minimum absolute atomic E-state index is 0.117. The predicted molar refractivity (Wildman–Crippen MR) is 110 cm³/mol. The highest BCUT2D eigenvalue weighted by Crippen LogP contribution is 2.33. The van der Waals surface area contributed by atoms with E-state index in [0.29, 0.717) is 24.5 Å². The van der Waals surface area contributed by atoms with Crippen LogP contribution in [0.15, 0.2) is 30.4 Å². The molecule has 1 aliphatic carbocycles. The van der Waals surface area contributed by atoms with Crippen molar-refractivity contribution in [2.75, 3.05) is 6.61 Å². The maximum Gasteiger partial charge on any atom is 0.230 e. The lowest BCUT2D eigenvalue weighted by Gasteiger charge is -2.22. The van der Waals surface area contributed by atoms with Crippen molar-refractivity contribution in [1.29, 1.82) is 0 Å². The number of primary sulfonamides is 1. The van der Waals surface area contributed by atoms with Gasteiger partial charge in [0.15, 0.2) is 11.6 Å². The number of halogens is 1. The van der Waals surface area contributed by atoms with Crippen molar-refractivity contribution in [3.63, 3.8) is 0 Å². The third kappa shape index (κ3) is 5.89. The van der Waals surface area contributed by atoms with Crippen LogP contribution < -0.4 is 15.2 Å². The Morgan fingerprint density at radius 3 is 2.63 bits per heavy atom. The number of allylic oxidation sites excluding steroid dienone is 2. The molecule has 0 bridgehead atoms. The Balaban J connectivity index is 1.67. The number of nitrogens with one attached hydrogen (secondary N) is 1. The second kappa shape index (κ2) is 9.26. The molecule has 7 nitrogen and oxygen atoms in total. The van der Waals surface area contributed by atoms with Crippen molar-refractivity contribution in [2.45, 2.75) is 50.2 Å². The fraction of sp³-hybridized carbons (Fsp3) is 0.524. The molecule has 0 radical (unpaired) electrons. The minimum atomic E-state index is -3.89. The summed E-state index contributed by atoms with van der Waals surface area (Å²) < 4.78 is 44.0. The monoisotopic (exact) mass is 438 g/mol. The first kappa shape index (κ1) is 22.4. The minimum Gasteiger partial charge on any atom is -0.490 e. The van der Waals surface area contributed by atoms with Gasteiger partial charge in [0.05, 0.1) is 17.8 Å². The highest BCUT2D eigenvalue weighted by molar-refractivity contribution is 7.89. The molecule has 1 aliphatic heterocycles. The SMILES string of the molecule is C[C@H](c1ccc(F)c(OCC2CC2)c1)C(CC=CCC1CC(=O)NC1=O)S(N)(=O)=O. The van der Waals surface area contributed by atoms with Crippen LogP contribution in [0.3, 0.4) is 0 Å². The molecule has 3 rings (SSSR count). The molecule has 9 heteroatoms. The fourth-order valence-electron chi connectivity index (χ4n) is 3.53. The van der Waals surface area contributed by atoms with Crippen molar-refractivity contribution in [3.8, 4) is 5.75 Å². The molecule has 1 saturated carbocycles. The van der Waals surface area contributed by atoms with Crippen LogP contribution in [-0.4, -0.2) is 32.1 Å². The van der Waals surface area contributed by atoms with Crippen LogP contribution in [0.25, 0.3) is 0 Å². The van der Waals surface area contributed by atoms with Gasteiger partial charge in [-0.05, 0) is 55.2 Å². The van der Waals surface area contributed by atoms with Crippen LogP contribution in [0.2, 0.25) is 0 Å². The van der Waals surface area contributed by atoms with Gasteiger partial charge in [-0.15, -0.1) is 0 Å². The van der Waals surface area contributed by atoms with E-state index in [9.17, 15) is 22.4 Å². The van der Waals surface area contributed by atoms with E-state index in [1.54, 1.807) is 31.2 Å². The molecule has 0 aromatic heterocycles.